The van der Waals surface area contributed by atoms with Crippen LogP contribution in [-0.2, 0) is 9.47 Å². The normalized spacial score (nSPS) is 20.7. The molecule has 2 aliphatic rings. The maximum atomic E-state index is 10.7. The number of quaternary nitrogens is 1. The van der Waals surface area contributed by atoms with Gasteiger partial charge in [0.2, 0.25) is 0 Å². The first-order chi connectivity index (χ1) is 15.5. The van der Waals surface area contributed by atoms with Crippen molar-refractivity contribution < 1.29 is 37.8 Å². The Hall–Kier alpha value is -1.98. The second-order valence-corrected chi connectivity index (χ2v) is 8.66. The molecule has 2 aromatic rings. The molecule has 0 spiro atoms. The smallest absolute Gasteiger partial charge is 0.100 e. The highest BCUT2D eigenvalue weighted by Crippen LogP contribution is 2.36. The molecule has 4 rings (SSSR count). The summed E-state index contributed by atoms with van der Waals surface area (Å²) in [5.41, 5.74) is 4.47. The van der Waals surface area contributed by atoms with E-state index >= 15 is 0 Å². The molecule has 2 saturated heterocycles. The van der Waals surface area contributed by atoms with Crippen LogP contribution in [0.4, 0.5) is 0 Å². The Balaban J connectivity index is 0.000000227. The number of aliphatic hydroxyl groups is 2. The molecule has 6 nitrogen and oxygen atoms in total. The summed E-state index contributed by atoms with van der Waals surface area (Å²) in [5.74, 6) is -0.338. The van der Waals surface area contributed by atoms with Gasteiger partial charge in [-0.15, -0.1) is 0 Å². The van der Waals surface area contributed by atoms with Crippen molar-refractivity contribution in [3.05, 3.63) is 71.8 Å². The number of hydrogen-bond acceptors (Lipinski definition) is 5. The summed E-state index contributed by atoms with van der Waals surface area (Å²) in [5, 5.41) is 30.4. The van der Waals surface area contributed by atoms with Gasteiger partial charge >= 0.3 is 0 Å². The molecule has 2 heterocycles. The van der Waals surface area contributed by atoms with Crippen LogP contribution in [-0.4, -0.2) is 54.4 Å². The molecule has 0 radical (unpaired) electrons. The van der Waals surface area contributed by atoms with Crippen molar-refractivity contribution in [2.24, 2.45) is 0 Å². The van der Waals surface area contributed by atoms with Crippen LogP contribution in [0.5, 0.6) is 0 Å². The summed E-state index contributed by atoms with van der Waals surface area (Å²) in [6.45, 7) is 3.09. The van der Waals surface area contributed by atoms with Crippen LogP contribution < -0.4 is 18.1 Å². The molecule has 0 aromatic heterocycles. The Kier molecular flexibility index (Phi) is 10.8. The number of benzene rings is 2. The molecule has 2 atom stereocenters. The number of hydrogen-bond donors (Lipinski definition) is 3. The Morgan fingerprint density at radius 1 is 0.788 bits per heavy atom. The van der Waals surface area contributed by atoms with E-state index in [-0.39, 0.29) is 18.3 Å². The second-order valence-electron chi connectivity index (χ2n) is 8.66. The van der Waals surface area contributed by atoms with Crippen molar-refractivity contribution in [3.63, 3.8) is 0 Å². The maximum Gasteiger partial charge on any atom is 0.100 e. The topological polar surface area (TPSA) is 110 Å². The quantitative estimate of drug-likeness (QED) is 0.535. The van der Waals surface area contributed by atoms with Crippen molar-refractivity contribution >= 4 is 0 Å². The summed E-state index contributed by atoms with van der Waals surface area (Å²) >= 11 is 0. The molecule has 5 N–H and O–H groups in total. The summed E-state index contributed by atoms with van der Waals surface area (Å²) in [6.07, 6.45) is 2.48. The minimum absolute atomic E-state index is 0. The average molecular weight is 475 g/mol. The minimum Gasteiger partial charge on any atom is -1.00 e. The van der Waals surface area contributed by atoms with Gasteiger partial charge in [0.1, 0.15) is 5.92 Å². The highest BCUT2D eigenvalue weighted by atomic mass is 35.5. The number of ether oxygens (including phenoxy) is 2. The van der Waals surface area contributed by atoms with Gasteiger partial charge in [-0.05, 0) is 11.1 Å². The summed E-state index contributed by atoms with van der Waals surface area (Å²) in [4.78, 5) is 0. The zero-order valence-electron chi connectivity index (χ0n) is 19.0. The molecule has 2 unspecified atom stereocenters. The van der Waals surface area contributed by atoms with Crippen LogP contribution in [0.25, 0.3) is 0 Å². The first-order valence-electron chi connectivity index (χ1n) is 11.4. The van der Waals surface area contributed by atoms with Gasteiger partial charge in [-0.2, -0.15) is 5.26 Å². The summed E-state index contributed by atoms with van der Waals surface area (Å²) in [7, 11) is 0. The second kappa shape index (κ2) is 13.0. The number of rotatable bonds is 5. The van der Waals surface area contributed by atoms with E-state index in [9.17, 15) is 15.5 Å². The van der Waals surface area contributed by atoms with Crippen molar-refractivity contribution in [1.82, 2.24) is 0 Å². The predicted molar refractivity (Wildman–Crippen MR) is 122 cm³/mol. The van der Waals surface area contributed by atoms with Crippen LogP contribution in [0, 0.1) is 11.3 Å². The molecule has 2 fully saturated rings. The SMILES string of the molecule is N#CC(c1ccccc1)C1(O)CCOCC1.[Cl-].[NH3+]CC(c1ccccc1)C1(O)CCOCC1. The molecule has 0 bridgehead atoms. The van der Waals surface area contributed by atoms with E-state index in [2.05, 4.69) is 23.9 Å². The van der Waals surface area contributed by atoms with E-state index in [1.165, 1.54) is 5.56 Å². The Labute approximate surface area is 202 Å². The van der Waals surface area contributed by atoms with Gasteiger partial charge < -0.3 is 37.8 Å². The first kappa shape index (κ1) is 27.3. The molecule has 2 aliphatic heterocycles. The lowest BCUT2D eigenvalue weighted by Gasteiger charge is -2.37. The third-order valence-electron chi connectivity index (χ3n) is 6.66. The number of nitrogens with zero attached hydrogens (tertiary/aromatic N) is 1. The first-order valence-corrected chi connectivity index (χ1v) is 11.4. The molecule has 2 aromatic carbocycles. The fourth-order valence-electron chi connectivity index (χ4n) is 4.67. The van der Waals surface area contributed by atoms with E-state index in [0.29, 0.717) is 52.1 Å². The van der Waals surface area contributed by atoms with Gasteiger partial charge in [-0.3, -0.25) is 0 Å². The number of nitriles is 1. The van der Waals surface area contributed by atoms with E-state index in [1.54, 1.807) is 0 Å². The molecular weight excluding hydrogens is 440 g/mol. The van der Waals surface area contributed by atoms with Crippen molar-refractivity contribution in [2.45, 2.75) is 48.7 Å². The fourth-order valence-corrected chi connectivity index (χ4v) is 4.67. The largest absolute Gasteiger partial charge is 1.00 e. The molecule has 0 amide bonds. The lowest BCUT2D eigenvalue weighted by molar-refractivity contribution is -0.380. The molecule has 180 valence electrons. The van der Waals surface area contributed by atoms with E-state index in [0.717, 1.165) is 12.1 Å². The molecule has 7 heteroatoms. The van der Waals surface area contributed by atoms with Gasteiger partial charge in [0.15, 0.2) is 0 Å². The predicted octanol–water partition coefficient (Wildman–Crippen LogP) is -0.607. The standard InChI is InChI=1S/C13H19NO2.C13H15NO2.ClH/c2*14-10-12(11-4-2-1-3-5-11)13(15)6-8-16-9-7-13;/h1-5,12,15H,6-10,14H2;1-5,12,15H,6-9H2;1H. The summed E-state index contributed by atoms with van der Waals surface area (Å²) < 4.78 is 10.5. The van der Waals surface area contributed by atoms with Crippen LogP contribution in [0.1, 0.15) is 48.6 Å². The highest BCUT2D eigenvalue weighted by molar-refractivity contribution is 5.29. The Morgan fingerprint density at radius 2 is 1.21 bits per heavy atom. The van der Waals surface area contributed by atoms with Crippen LogP contribution >= 0.6 is 0 Å². The molecular formula is C26H35ClN2O4. The fraction of sp³-hybridized carbons (Fsp3) is 0.500. The Morgan fingerprint density at radius 3 is 1.64 bits per heavy atom. The third kappa shape index (κ3) is 7.00. The van der Waals surface area contributed by atoms with E-state index in [1.807, 2.05) is 48.5 Å². The lowest BCUT2D eigenvalue weighted by atomic mass is 9.77. The van der Waals surface area contributed by atoms with E-state index < -0.39 is 17.1 Å². The molecule has 0 aliphatic carbocycles. The zero-order valence-corrected chi connectivity index (χ0v) is 19.8. The third-order valence-corrected chi connectivity index (χ3v) is 6.66. The summed E-state index contributed by atoms with van der Waals surface area (Å²) in [6, 6.07) is 21.9. The Bertz CT molecular complexity index is 848. The molecule has 33 heavy (non-hydrogen) atoms. The van der Waals surface area contributed by atoms with Gasteiger partial charge in [0.25, 0.3) is 0 Å². The van der Waals surface area contributed by atoms with Crippen LogP contribution in [0.15, 0.2) is 60.7 Å². The van der Waals surface area contributed by atoms with Crippen molar-refractivity contribution in [3.8, 4) is 6.07 Å². The van der Waals surface area contributed by atoms with Gasteiger partial charge in [-0.1, -0.05) is 60.7 Å². The van der Waals surface area contributed by atoms with Crippen LogP contribution in [0.2, 0.25) is 0 Å². The van der Waals surface area contributed by atoms with Gasteiger partial charge in [-0.25, -0.2) is 0 Å². The zero-order chi connectivity index (χ0) is 22.9. The van der Waals surface area contributed by atoms with Gasteiger partial charge in [0.05, 0.1) is 29.7 Å². The monoisotopic (exact) mass is 474 g/mol. The highest BCUT2D eigenvalue weighted by Gasteiger charge is 2.40. The van der Waals surface area contributed by atoms with Crippen LogP contribution in [0.3, 0.4) is 0 Å². The van der Waals surface area contributed by atoms with Crippen molar-refractivity contribution in [2.75, 3.05) is 33.0 Å². The molecule has 0 saturated carbocycles. The van der Waals surface area contributed by atoms with E-state index in [4.69, 9.17) is 9.47 Å². The van der Waals surface area contributed by atoms with Crippen molar-refractivity contribution in [1.29, 1.82) is 5.26 Å². The minimum atomic E-state index is -0.936. The number of halogens is 1. The maximum absolute atomic E-state index is 10.7. The lowest BCUT2D eigenvalue weighted by Crippen LogP contribution is -3.00. The van der Waals surface area contributed by atoms with Gasteiger partial charge in [0, 0.05) is 52.1 Å². The average Bonchev–Trinajstić information content (AvgIpc) is 2.82.